The standard InChI is InChI=1S/C11H23NO4Si/c1-11(2,3)17(4,5)16-8(10(14)15)6-7-9(12)13/h8H,6-7H2,1-5H3,(H2,12,13)(H,14,15)/t8-/m0/s1. The lowest BCUT2D eigenvalue weighted by atomic mass is 10.2. The summed E-state index contributed by atoms with van der Waals surface area (Å²) in [6.07, 6.45) is -0.772. The monoisotopic (exact) mass is 261 g/mol. The molecule has 0 aromatic carbocycles. The first kappa shape index (κ1) is 16.1. The van der Waals surface area contributed by atoms with Crippen molar-refractivity contribution < 1.29 is 19.1 Å². The zero-order chi connectivity index (χ0) is 13.9. The first-order valence-corrected chi connectivity index (χ1v) is 8.57. The average Bonchev–Trinajstić information content (AvgIpc) is 2.09. The summed E-state index contributed by atoms with van der Waals surface area (Å²) in [7, 11) is -2.14. The molecule has 0 aliphatic rings. The van der Waals surface area contributed by atoms with Crippen molar-refractivity contribution >= 4 is 20.2 Å². The quantitative estimate of drug-likeness (QED) is 0.712. The highest BCUT2D eigenvalue weighted by Crippen LogP contribution is 2.37. The van der Waals surface area contributed by atoms with Crippen LogP contribution in [0.2, 0.25) is 18.1 Å². The molecule has 0 rings (SSSR count). The second kappa shape index (κ2) is 5.64. The fourth-order valence-corrected chi connectivity index (χ4v) is 2.32. The molecule has 0 saturated heterocycles. The lowest BCUT2D eigenvalue weighted by molar-refractivity contribution is -0.146. The third-order valence-electron chi connectivity index (χ3n) is 3.17. The number of rotatable bonds is 6. The van der Waals surface area contributed by atoms with Crippen LogP contribution in [0.15, 0.2) is 0 Å². The summed E-state index contributed by atoms with van der Waals surface area (Å²) in [5.74, 6) is -1.54. The van der Waals surface area contributed by atoms with Gasteiger partial charge in [-0.1, -0.05) is 20.8 Å². The summed E-state index contributed by atoms with van der Waals surface area (Å²) < 4.78 is 5.75. The lowest BCUT2D eigenvalue weighted by Crippen LogP contribution is -2.46. The molecule has 3 N–H and O–H groups in total. The fraction of sp³-hybridized carbons (Fsp3) is 0.818. The number of hydrogen-bond acceptors (Lipinski definition) is 3. The Bertz CT molecular complexity index is 296. The number of carbonyl (C=O) groups excluding carboxylic acids is 1. The number of carbonyl (C=O) groups is 2. The molecule has 0 aliphatic carbocycles. The molecular formula is C11H23NO4Si. The Balaban J connectivity index is 4.66. The Kier molecular flexibility index (Phi) is 5.34. The number of primary amides is 1. The Hall–Kier alpha value is -0.883. The number of carboxylic acids is 1. The van der Waals surface area contributed by atoms with E-state index in [1.807, 2.05) is 33.9 Å². The van der Waals surface area contributed by atoms with Gasteiger partial charge in [-0.25, -0.2) is 4.79 Å². The van der Waals surface area contributed by atoms with Crippen LogP contribution in [0.1, 0.15) is 33.6 Å². The predicted octanol–water partition coefficient (Wildman–Crippen LogP) is 1.73. The topological polar surface area (TPSA) is 89.6 Å². The van der Waals surface area contributed by atoms with Gasteiger partial charge in [-0.3, -0.25) is 4.79 Å². The second-order valence-electron chi connectivity index (χ2n) is 5.71. The number of nitrogens with two attached hydrogens (primary N) is 1. The molecule has 0 bridgehead atoms. The summed E-state index contributed by atoms with van der Waals surface area (Å²) >= 11 is 0. The van der Waals surface area contributed by atoms with Gasteiger partial charge in [0.15, 0.2) is 8.32 Å². The van der Waals surface area contributed by atoms with Crippen molar-refractivity contribution in [1.82, 2.24) is 0 Å². The molecule has 6 heteroatoms. The van der Waals surface area contributed by atoms with Crippen LogP contribution in [0.4, 0.5) is 0 Å². The molecule has 0 aromatic heterocycles. The molecule has 0 saturated carbocycles. The fourth-order valence-electron chi connectivity index (χ4n) is 1.04. The third-order valence-corrected chi connectivity index (χ3v) is 7.66. The molecule has 0 fully saturated rings. The molecule has 0 aromatic rings. The molecule has 17 heavy (non-hydrogen) atoms. The second-order valence-corrected chi connectivity index (χ2v) is 10.5. The minimum absolute atomic E-state index is 0.0333. The van der Waals surface area contributed by atoms with Crippen molar-refractivity contribution in [3.05, 3.63) is 0 Å². The molecule has 0 aliphatic heterocycles. The summed E-state index contributed by atoms with van der Waals surface area (Å²) in [6.45, 7) is 10.1. The highest BCUT2D eigenvalue weighted by Gasteiger charge is 2.40. The van der Waals surface area contributed by atoms with E-state index < -0.39 is 26.3 Å². The van der Waals surface area contributed by atoms with Gasteiger partial charge >= 0.3 is 5.97 Å². The van der Waals surface area contributed by atoms with E-state index in [9.17, 15) is 9.59 Å². The van der Waals surface area contributed by atoms with Crippen LogP contribution < -0.4 is 5.73 Å². The predicted molar refractivity (Wildman–Crippen MR) is 68.1 cm³/mol. The summed E-state index contributed by atoms with van der Waals surface area (Å²) in [6, 6.07) is 0. The Morgan fingerprint density at radius 1 is 1.35 bits per heavy atom. The molecule has 5 nitrogen and oxygen atoms in total. The highest BCUT2D eigenvalue weighted by atomic mass is 28.4. The van der Waals surface area contributed by atoms with E-state index in [1.54, 1.807) is 0 Å². The smallest absolute Gasteiger partial charge is 0.331 e. The van der Waals surface area contributed by atoms with Gasteiger partial charge in [-0.15, -0.1) is 0 Å². The Morgan fingerprint density at radius 2 is 1.82 bits per heavy atom. The van der Waals surface area contributed by atoms with E-state index in [2.05, 4.69) is 0 Å². The number of hydrogen-bond donors (Lipinski definition) is 2. The number of carboxylic acid groups (broad SMARTS) is 1. The van der Waals surface area contributed by atoms with Crippen molar-refractivity contribution in [3.63, 3.8) is 0 Å². The largest absolute Gasteiger partial charge is 0.479 e. The van der Waals surface area contributed by atoms with E-state index in [1.165, 1.54) is 0 Å². The van der Waals surface area contributed by atoms with Crippen LogP contribution in [-0.4, -0.2) is 31.4 Å². The number of amides is 1. The lowest BCUT2D eigenvalue weighted by Gasteiger charge is -2.38. The third kappa shape index (κ3) is 5.32. The normalized spacial score (nSPS) is 14.4. The van der Waals surface area contributed by atoms with Crippen LogP contribution in [0, 0.1) is 0 Å². The first-order chi connectivity index (χ1) is 7.47. The van der Waals surface area contributed by atoms with Gasteiger partial charge in [-0.05, 0) is 24.6 Å². The van der Waals surface area contributed by atoms with E-state index in [0.717, 1.165) is 0 Å². The van der Waals surface area contributed by atoms with Crippen LogP contribution in [0.3, 0.4) is 0 Å². The van der Waals surface area contributed by atoms with Gasteiger partial charge in [0.2, 0.25) is 5.91 Å². The summed E-state index contributed by atoms with van der Waals surface area (Å²) in [5.41, 5.74) is 5.01. The van der Waals surface area contributed by atoms with Crippen molar-refractivity contribution in [2.45, 2.75) is 57.8 Å². The van der Waals surface area contributed by atoms with Gasteiger partial charge in [0, 0.05) is 6.42 Å². The van der Waals surface area contributed by atoms with Crippen LogP contribution in [-0.2, 0) is 14.0 Å². The van der Waals surface area contributed by atoms with E-state index in [4.69, 9.17) is 15.3 Å². The van der Waals surface area contributed by atoms with Gasteiger partial charge in [-0.2, -0.15) is 0 Å². The molecule has 1 atom stereocenters. The zero-order valence-electron chi connectivity index (χ0n) is 11.2. The molecule has 0 spiro atoms. The molecule has 0 radical (unpaired) electrons. The molecule has 100 valence electrons. The summed E-state index contributed by atoms with van der Waals surface area (Å²) in [4.78, 5) is 21.7. The van der Waals surface area contributed by atoms with E-state index in [0.29, 0.717) is 0 Å². The maximum Gasteiger partial charge on any atom is 0.331 e. The Morgan fingerprint density at radius 3 is 2.12 bits per heavy atom. The van der Waals surface area contributed by atoms with Gasteiger partial charge < -0.3 is 15.3 Å². The molecule has 0 unspecified atom stereocenters. The molecule has 0 heterocycles. The first-order valence-electron chi connectivity index (χ1n) is 5.66. The van der Waals surface area contributed by atoms with E-state index >= 15 is 0 Å². The molecule has 1 amide bonds. The van der Waals surface area contributed by atoms with Gasteiger partial charge in [0.25, 0.3) is 0 Å². The Labute approximate surface area is 103 Å². The van der Waals surface area contributed by atoms with Crippen LogP contribution >= 0.6 is 0 Å². The van der Waals surface area contributed by atoms with Crippen molar-refractivity contribution in [3.8, 4) is 0 Å². The van der Waals surface area contributed by atoms with Crippen molar-refractivity contribution in [1.29, 1.82) is 0 Å². The minimum atomic E-state index is -2.14. The summed E-state index contributed by atoms with van der Waals surface area (Å²) in [5, 5.41) is 9.00. The van der Waals surface area contributed by atoms with Gasteiger partial charge in [0.1, 0.15) is 6.10 Å². The van der Waals surface area contributed by atoms with Crippen molar-refractivity contribution in [2.24, 2.45) is 5.73 Å². The minimum Gasteiger partial charge on any atom is -0.479 e. The number of aliphatic carboxylic acids is 1. The van der Waals surface area contributed by atoms with Crippen LogP contribution in [0.25, 0.3) is 0 Å². The maximum absolute atomic E-state index is 11.1. The van der Waals surface area contributed by atoms with Crippen molar-refractivity contribution in [2.75, 3.05) is 0 Å². The van der Waals surface area contributed by atoms with E-state index in [-0.39, 0.29) is 17.9 Å². The highest BCUT2D eigenvalue weighted by molar-refractivity contribution is 6.74. The average molecular weight is 261 g/mol. The maximum atomic E-state index is 11.1. The molecular weight excluding hydrogens is 238 g/mol. The zero-order valence-corrected chi connectivity index (χ0v) is 12.2. The van der Waals surface area contributed by atoms with Crippen LogP contribution in [0.5, 0.6) is 0 Å². The van der Waals surface area contributed by atoms with Gasteiger partial charge in [0.05, 0.1) is 0 Å². The SMILES string of the molecule is CC(C)(C)[Si](C)(C)O[C@@H](CCC(N)=O)C(=O)O.